The molecule has 206 valence electrons. The van der Waals surface area contributed by atoms with Crippen molar-refractivity contribution in [2.24, 2.45) is 0 Å². The Morgan fingerprint density at radius 1 is 0.775 bits per heavy atom. The number of hydrogen-bond acceptors (Lipinski definition) is 2. The number of benzene rings is 3. The molecule has 0 atom stereocenters. The van der Waals surface area contributed by atoms with Crippen LogP contribution in [0.25, 0.3) is 33.6 Å². The molecule has 5 aromatic rings. The maximum Gasteiger partial charge on any atom is 0.416 e. The summed E-state index contributed by atoms with van der Waals surface area (Å²) in [5, 5.41) is 0.515. The molecular formula is C28H14ClF8NO2. The number of fused-ring (bicyclic) bond motifs is 1. The summed E-state index contributed by atoms with van der Waals surface area (Å²) < 4.78 is 115. The topological polar surface area (TPSA) is 35.1 Å². The fourth-order valence-corrected chi connectivity index (χ4v) is 4.53. The molecule has 3 nitrogen and oxygen atoms in total. The first-order valence-corrected chi connectivity index (χ1v) is 11.8. The number of alkyl halides is 6. The summed E-state index contributed by atoms with van der Waals surface area (Å²) in [6.45, 7) is -0.417. The monoisotopic (exact) mass is 583 g/mol. The highest BCUT2D eigenvalue weighted by Gasteiger charge is 2.37. The molecule has 0 fully saturated rings. The zero-order valence-corrected chi connectivity index (χ0v) is 20.6. The zero-order chi connectivity index (χ0) is 29.0. The molecule has 0 aliphatic carbocycles. The summed E-state index contributed by atoms with van der Waals surface area (Å²) in [5.41, 5.74) is -4.29. The van der Waals surface area contributed by atoms with Gasteiger partial charge in [0.2, 0.25) is 0 Å². The quantitative estimate of drug-likeness (QED) is 0.198. The predicted octanol–water partition coefficient (Wildman–Crippen LogP) is 8.95. The van der Waals surface area contributed by atoms with E-state index in [4.69, 9.17) is 16.0 Å². The fraction of sp³-hybridized carbons (Fsp3) is 0.107. The Kier molecular flexibility index (Phi) is 6.73. The Morgan fingerprint density at radius 3 is 2.05 bits per heavy atom. The van der Waals surface area contributed by atoms with Crippen LogP contribution >= 0.6 is 11.6 Å². The number of nitrogens with zero attached hydrogens (tertiary/aromatic N) is 1. The summed E-state index contributed by atoms with van der Waals surface area (Å²) in [7, 11) is 0. The van der Waals surface area contributed by atoms with Crippen molar-refractivity contribution in [2.75, 3.05) is 0 Å². The van der Waals surface area contributed by atoms with Gasteiger partial charge < -0.3 is 8.98 Å². The number of pyridine rings is 1. The summed E-state index contributed by atoms with van der Waals surface area (Å²) in [4.78, 5) is 13.5. The minimum atomic E-state index is -5.07. The van der Waals surface area contributed by atoms with Crippen LogP contribution in [0.15, 0.2) is 82.0 Å². The van der Waals surface area contributed by atoms with Gasteiger partial charge in [0.15, 0.2) is 5.76 Å². The highest BCUT2D eigenvalue weighted by atomic mass is 35.5. The molecule has 0 spiro atoms. The third-order valence-corrected chi connectivity index (χ3v) is 6.48. The normalized spacial score (nSPS) is 12.3. The molecule has 3 aromatic carbocycles. The van der Waals surface area contributed by atoms with Gasteiger partial charge in [-0.2, -0.15) is 26.3 Å². The van der Waals surface area contributed by atoms with Crippen LogP contribution in [0.1, 0.15) is 16.7 Å². The zero-order valence-electron chi connectivity index (χ0n) is 19.8. The number of halogens is 9. The van der Waals surface area contributed by atoms with Crippen molar-refractivity contribution >= 4 is 22.4 Å². The smallest absolute Gasteiger partial charge is 0.416 e. The van der Waals surface area contributed by atoms with Crippen molar-refractivity contribution in [3.8, 4) is 22.8 Å². The molecule has 5 rings (SSSR count). The molecule has 2 heterocycles. The second kappa shape index (κ2) is 9.81. The van der Waals surface area contributed by atoms with Crippen LogP contribution in [0.4, 0.5) is 35.1 Å². The number of furan rings is 1. The Bertz CT molecular complexity index is 1790. The van der Waals surface area contributed by atoms with E-state index in [2.05, 4.69) is 0 Å². The molecule has 40 heavy (non-hydrogen) atoms. The summed E-state index contributed by atoms with van der Waals surface area (Å²) >= 11 is 6.23. The lowest BCUT2D eigenvalue weighted by Crippen LogP contribution is -2.23. The van der Waals surface area contributed by atoms with Crippen LogP contribution in [0.5, 0.6) is 0 Å². The van der Waals surface area contributed by atoms with Crippen molar-refractivity contribution in [1.29, 1.82) is 0 Å². The molecule has 12 heteroatoms. The molecule has 0 N–H and O–H groups in total. The molecule has 0 amide bonds. The van der Waals surface area contributed by atoms with Crippen molar-refractivity contribution in [1.82, 2.24) is 4.57 Å². The van der Waals surface area contributed by atoms with Gasteiger partial charge in [-0.15, -0.1) is 0 Å². The molecule has 0 saturated carbocycles. The average Bonchev–Trinajstić information content (AvgIpc) is 3.36. The first-order valence-electron chi connectivity index (χ1n) is 11.4. The van der Waals surface area contributed by atoms with E-state index in [0.717, 1.165) is 22.8 Å². The van der Waals surface area contributed by atoms with Crippen LogP contribution in [0.2, 0.25) is 5.02 Å². The van der Waals surface area contributed by atoms with Crippen molar-refractivity contribution in [3.63, 3.8) is 0 Å². The first kappa shape index (κ1) is 27.4. The maximum atomic E-state index is 14.5. The molecule has 0 saturated heterocycles. The van der Waals surface area contributed by atoms with Gasteiger partial charge in [0, 0.05) is 17.2 Å². The minimum Gasteiger partial charge on any atom is -0.455 e. The van der Waals surface area contributed by atoms with Crippen molar-refractivity contribution in [2.45, 2.75) is 18.9 Å². The first-order chi connectivity index (χ1) is 18.7. The second-order valence-corrected chi connectivity index (χ2v) is 9.23. The standard InChI is InChI=1S/C28H14ClF8NO2/c29-20-3-1-2-14-10-22(38(26(39)25(14)20)13-15-4-5-19(30)12-21(15)31)24-7-6-23(40-24)16-8-17(27(32,33)34)11-18(9-16)28(35,36)37/h1-12H,13H2. The third-order valence-electron chi connectivity index (χ3n) is 6.16. The van der Waals surface area contributed by atoms with Gasteiger partial charge in [-0.05, 0) is 53.9 Å². The van der Waals surface area contributed by atoms with E-state index in [1.54, 1.807) is 12.1 Å². The van der Waals surface area contributed by atoms with Gasteiger partial charge in [0.05, 0.1) is 33.8 Å². The molecular weight excluding hydrogens is 570 g/mol. The van der Waals surface area contributed by atoms with Crippen LogP contribution in [-0.4, -0.2) is 4.57 Å². The molecule has 0 bridgehead atoms. The van der Waals surface area contributed by atoms with E-state index in [-0.39, 0.29) is 39.3 Å². The van der Waals surface area contributed by atoms with E-state index in [1.165, 1.54) is 18.2 Å². The number of aromatic nitrogens is 1. The lowest BCUT2D eigenvalue weighted by molar-refractivity contribution is -0.143. The van der Waals surface area contributed by atoms with E-state index in [9.17, 15) is 39.9 Å². The molecule has 2 aromatic heterocycles. The maximum absolute atomic E-state index is 14.5. The number of hydrogen-bond donors (Lipinski definition) is 0. The average molecular weight is 584 g/mol. The molecule has 0 radical (unpaired) electrons. The van der Waals surface area contributed by atoms with Gasteiger partial charge in [0.1, 0.15) is 17.4 Å². The largest absolute Gasteiger partial charge is 0.455 e. The van der Waals surface area contributed by atoms with Crippen LogP contribution in [0.3, 0.4) is 0 Å². The third kappa shape index (κ3) is 5.21. The Labute approximate surface area is 224 Å². The van der Waals surface area contributed by atoms with Gasteiger partial charge in [-0.25, -0.2) is 8.78 Å². The van der Waals surface area contributed by atoms with Crippen LogP contribution in [0, 0.1) is 11.6 Å². The van der Waals surface area contributed by atoms with E-state index in [0.29, 0.717) is 23.6 Å². The SMILES string of the molecule is O=c1c2c(Cl)cccc2cc(-c2ccc(-c3cc(C(F)(F)F)cc(C(F)(F)F)c3)o2)n1Cc1ccc(F)cc1F. The Balaban J connectivity index is 1.70. The van der Waals surface area contributed by atoms with E-state index >= 15 is 0 Å². The van der Waals surface area contributed by atoms with Gasteiger partial charge >= 0.3 is 12.4 Å². The Hall–Kier alpha value is -4.12. The van der Waals surface area contributed by atoms with Crippen molar-refractivity contribution in [3.05, 3.63) is 116 Å². The summed E-state index contributed by atoms with van der Waals surface area (Å²) in [6, 6.07) is 12.2. The highest BCUT2D eigenvalue weighted by molar-refractivity contribution is 6.35. The second-order valence-electron chi connectivity index (χ2n) is 8.82. The van der Waals surface area contributed by atoms with Crippen LogP contribution < -0.4 is 5.56 Å². The lowest BCUT2D eigenvalue weighted by Gasteiger charge is -2.15. The minimum absolute atomic E-state index is 0.00463. The van der Waals surface area contributed by atoms with E-state index < -0.39 is 52.8 Å². The van der Waals surface area contributed by atoms with Gasteiger partial charge in [0.25, 0.3) is 5.56 Å². The summed E-state index contributed by atoms with van der Waals surface area (Å²) in [6.07, 6.45) is -10.1. The molecule has 0 aliphatic heterocycles. The Morgan fingerprint density at radius 2 is 1.43 bits per heavy atom. The van der Waals surface area contributed by atoms with Gasteiger partial charge in [-0.3, -0.25) is 4.79 Å². The van der Waals surface area contributed by atoms with Crippen LogP contribution in [-0.2, 0) is 18.9 Å². The van der Waals surface area contributed by atoms with Gasteiger partial charge in [-0.1, -0.05) is 29.8 Å². The fourth-order valence-electron chi connectivity index (χ4n) is 4.27. The number of rotatable bonds is 4. The lowest BCUT2D eigenvalue weighted by atomic mass is 10.0. The predicted molar refractivity (Wildman–Crippen MR) is 132 cm³/mol. The van der Waals surface area contributed by atoms with Crippen molar-refractivity contribution < 1.29 is 39.5 Å². The highest BCUT2D eigenvalue weighted by Crippen LogP contribution is 2.40. The molecule has 0 aliphatic rings. The van der Waals surface area contributed by atoms with E-state index in [1.807, 2.05) is 0 Å². The molecule has 0 unspecified atom stereocenters. The summed E-state index contributed by atoms with van der Waals surface area (Å²) in [5.74, 6) is -2.24.